The van der Waals surface area contributed by atoms with Crippen molar-refractivity contribution in [2.24, 2.45) is 0 Å². The van der Waals surface area contributed by atoms with Crippen LogP contribution in [0.15, 0.2) is 24.3 Å². The fraction of sp³-hybridized carbons (Fsp3) is 0.571. The summed E-state index contributed by atoms with van der Waals surface area (Å²) in [6, 6.07) is 5.27. The van der Waals surface area contributed by atoms with Crippen molar-refractivity contribution in [1.82, 2.24) is 5.32 Å². The zero-order valence-corrected chi connectivity index (χ0v) is 11.7. The minimum atomic E-state index is -4.29. The molecular formula is C14H20F3NO2. The summed E-state index contributed by atoms with van der Waals surface area (Å²) < 4.78 is 47.6. The van der Waals surface area contributed by atoms with Gasteiger partial charge in [0.25, 0.3) is 0 Å². The van der Waals surface area contributed by atoms with Crippen LogP contribution in [0.1, 0.15) is 11.1 Å². The molecule has 0 aliphatic carbocycles. The van der Waals surface area contributed by atoms with Crippen molar-refractivity contribution in [2.75, 3.05) is 34.0 Å². The summed E-state index contributed by atoms with van der Waals surface area (Å²) >= 11 is 0. The smallest absolute Gasteiger partial charge is 0.382 e. The molecule has 0 amide bonds. The highest BCUT2D eigenvalue weighted by molar-refractivity contribution is 5.25. The topological polar surface area (TPSA) is 30.5 Å². The van der Waals surface area contributed by atoms with Gasteiger partial charge in [0.05, 0.1) is 25.4 Å². The van der Waals surface area contributed by atoms with Crippen LogP contribution in [0.5, 0.6) is 0 Å². The molecule has 0 saturated carbocycles. The van der Waals surface area contributed by atoms with Gasteiger partial charge in [0.15, 0.2) is 0 Å². The van der Waals surface area contributed by atoms with Crippen LogP contribution in [-0.4, -0.2) is 40.0 Å². The van der Waals surface area contributed by atoms with Crippen LogP contribution >= 0.6 is 0 Å². The molecule has 3 nitrogen and oxygen atoms in total. The van der Waals surface area contributed by atoms with Gasteiger partial charge in [0, 0.05) is 13.2 Å². The van der Waals surface area contributed by atoms with Gasteiger partial charge in [0.1, 0.15) is 0 Å². The first-order valence-electron chi connectivity index (χ1n) is 6.37. The number of halogens is 3. The molecule has 1 rings (SSSR count). The van der Waals surface area contributed by atoms with E-state index in [-0.39, 0.29) is 6.04 Å². The molecule has 0 aromatic heterocycles. The SMILES string of the molecule is CNC(COCCOC)Cc1ccc(C(F)(F)F)cc1. The maximum Gasteiger partial charge on any atom is 0.416 e. The van der Waals surface area contributed by atoms with E-state index in [1.807, 2.05) is 0 Å². The van der Waals surface area contributed by atoms with E-state index in [0.29, 0.717) is 26.2 Å². The Morgan fingerprint density at radius 3 is 2.30 bits per heavy atom. The number of likely N-dealkylation sites (N-methyl/N-ethyl adjacent to an activating group) is 1. The third-order valence-electron chi connectivity index (χ3n) is 2.92. The second-order valence-corrected chi connectivity index (χ2v) is 4.45. The minimum Gasteiger partial charge on any atom is -0.382 e. The molecule has 0 heterocycles. The molecule has 1 atom stereocenters. The van der Waals surface area contributed by atoms with E-state index >= 15 is 0 Å². The molecule has 0 radical (unpaired) electrons. The third-order valence-corrected chi connectivity index (χ3v) is 2.92. The Labute approximate surface area is 117 Å². The highest BCUT2D eigenvalue weighted by Crippen LogP contribution is 2.29. The summed E-state index contributed by atoms with van der Waals surface area (Å²) in [4.78, 5) is 0. The molecule has 0 spiro atoms. The molecule has 0 fully saturated rings. The van der Waals surface area contributed by atoms with Gasteiger partial charge >= 0.3 is 6.18 Å². The molecule has 6 heteroatoms. The zero-order valence-electron chi connectivity index (χ0n) is 11.7. The summed E-state index contributed by atoms with van der Waals surface area (Å²) in [5.41, 5.74) is 0.214. The Balaban J connectivity index is 2.49. The van der Waals surface area contributed by atoms with Crippen molar-refractivity contribution in [1.29, 1.82) is 0 Å². The largest absolute Gasteiger partial charge is 0.416 e. The van der Waals surface area contributed by atoms with Crippen LogP contribution in [0.25, 0.3) is 0 Å². The lowest BCUT2D eigenvalue weighted by Crippen LogP contribution is -2.33. The minimum absolute atomic E-state index is 0.0589. The number of ether oxygens (including phenoxy) is 2. The van der Waals surface area contributed by atoms with Crippen LogP contribution < -0.4 is 5.32 Å². The Morgan fingerprint density at radius 1 is 1.15 bits per heavy atom. The quantitative estimate of drug-likeness (QED) is 0.747. The second-order valence-electron chi connectivity index (χ2n) is 4.45. The number of nitrogens with one attached hydrogen (secondary N) is 1. The predicted octanol–water partition coefficient (Wildman–Crippen LogP) is 2.50. The summed E-state index contributed by atoms with van der Waals surface area (Å²) in [5.74, 6) is 0. The molecule has 0 bridgehead atoms. The van der Waals surface area contributed by atoms with Crippen molar-refractivity contribution >= 4 is 0 Å². The molecule has 1 aromatic carbocycles. The predicted molar refractivity (Wildman–Crippen MR) is 70.7 cm³/mol. The van der Waals surface area contributed by atoms with Crippen LogP contribution in [0.2, 0.25) is 0 Å². The van der Waals surface area contributed by atoms with E-state index in [0.717, 1.165) is 17.7 Å². The van der Waals surface area contributed by atoms with Crippen molar-refractivity contribution in [3.05, 3.63) is 35.4 Å². The number of alkyl halides is 3. The Hall–Kier alpha value is -1.11. The maximum atomic E-state index is 12.4. The summed E-state index contributed by atoms with van der Waals surface area (Å²) in [6.45, 7) is 1.51. The maximum absolute atomic E-state index is 12.4. The summed E-state index contributed by atoms with van der Waals surface area (Å²) in [7, 11) is 3.40. The monoisotopic (exact) mass is 291 g/mol. The standard InChI is InChI=1S/C14H20F3NO2/c1-18-13(10-20-8-7-19-2)9-11-3-5-12(6-4-11)14(15,16)17/h3-6,13,18H,7-10H2,1-2H3. The van der Waals surface area contributed by atoms with E-state index in [9.17, 15) is 13.2 Å². The molecule has 0 saturated heterocycles. The normalized spacial score (nSPS) is 13.4. The second kappa shape index (κ2) is 8.24. The van der Waals surface area contributed by atoms with Gasteiger partial charge in [-0.15, -0.1) is 0 Å². The molecular weight excluding hydrogens is 271 g/mol. The van der Waals surface area contributed by atoms with Crippen molar-refractivity contribution in [3.63, 3.8) is 0 Å². The van der Waals surface area contributed by atoms with Crippen LogP contribution in [0.3, 0.4) is 0 Å². The van der Waals surface area contributed by atoms with Gasteiger partial charge in [-0.2, -0.15) is 13.2 Å². The van der Waals surface area contributed by atoms with E-state index in [2.05, 4.69) is 5.32 Å². The van der Waals surface area contributed by atoms with Crippen LogP contribution in [0, 0.1) is 0 Å². The van der Waals surface area contributed by atoms with Gasteiger partial charge < -0.3 is 14.8 Å². The van der Waals surface area contributed by atoms with Crippen molar-refractivity contribution in [2.45, 2.75) is 18.6 Å². The third kappa shape index (κ3) is 5.90. The van der Waals surface area contributed by atoms with Gasteiger partial charge in [-0.1, -0.05) is 12.1 Å². The number of hydrogen-bond donors (Lipinski definition) is 1. The van der Waals surface area contributed by atoms with Gasteiger partial charge in [-0.3, -0.25) is 0 Å². The fourth-order valence-electron chi connectivity index (χ4n) is 1.73. The fourth-order valence-corrected chi connectivity index (χ4v) is 1.73. The number of rotatable bonds is 8. The van der Waals surface area contributed by atoms with E-state index < -0.39 is 11.7 Å². The molecule has 1 aromatic rings. The lowest BCUT2D eigenvalue weighted by molar-refractivity contribution is -0.137. The Bertz CT molecular complexity index is 379. The van der Waals surface area contributed by atoms with Crippen molar-refractivity contribution < 1.29 is 22.6 Å². The first-order chi connectivity index (χ1) is 9.47. The zero-order chi connectivity index (χ0) is 15.0. The van der Waals surface area contributed by atoms with E-state index in [1.165, 1.54) is 12.1 Å². The first-order valence-corrected chi connectivity index (χ1v) is 6.37. The lowest BCUT2D eigenvalue weighted by Gasteiger charge is -2.17. The summed E-state index contributed by atoms with van der Waals surface area (Å²) in [6.07, 6.45) is -3.67. The van der Waals surface area contributed by atoms with Gasteiger partial charge in [-0.05, 0) is 31.2 Å². The number of hydrogen-bond acceptors (Lipinski definition) is 3. The number of benzene rings is 1. The molecule has 0 aliphatic rings. The average molecular weight is 291 g/mol. The molecule has 1 unspecified atom stereocenters. The highest BCUT2D eigenvalue weighted by atomic mass is 19.4. The Kier molecular flexibility index (Phi) is 6.98. The lowest BCUT2D eigenvalue weighted by atomic mass is 10.0. The summed E-state index contributed by atoms with van der Waals surface area (Å²) in [5, 5.41) is 3.08. The van der Waals surface area contributed by atoms with Crippen LogP contribution in [-0.2, 0) is 22.1 Å². The van der Waals surface area contributed by atoms with E-state index in [1.54, 1.807) is 14.2 Å². The Morgan fingerprint density at radius 2 is 1.80 bits per heavy atom. The van der Waals surface area contributed by atoms with Gasteiger partial charge in [0.2, 0.25) is 0 Å². The molecule has 1 N–H and O–H groups in total. The molecule has 114 valence electrons. The highest BCUT2D eigenvalue weighted by Gasteiger charge is 2.29. The van der Waals surface area contributed by atoms with Gasteiger partial charge in [-0.25, -0.2) is 0 Å². The van der Waals surface area contributed by atoms with Crippen LogP contribution in [0.4, 0.5) is 13.2 Å². The first kappa shape index (κ1) is 16.9. The average Bonchev–Trinajstić information content (AvgIpc) is 2.42. The molecule has 20 heavy (non-hydrogen) atoms. The van der Waals surface area contributed by atoms with E-state index in [4.69, 9.17) is 9.47 Å². The van der Waals surface area contributed by atoms with Crippen molar-refractivity contribution in [3.8, 4) is 0 Å². The molecule has 0 aliphatic heterocycles. The number of methoxy groups -OCH3 is 1.